The van der Waals surface area contributed by atoms with Gasteiger partial charge in [0.15, 0.2) is 0 Å². The highest BCUT2D eigenvalue weighted by Gasteiger charge is 2.26. The van der Waals surface area contributed by atoms with E-state index < -0.39 is 10.0 Å². The Morgan fingerprint density at radius 3 is 2.48 bits per heavy atom. The molecule has 31 heavy (non-hydrogen) atoms. The molecule has 1 aliphatic heterocycles. The van der Waals surface area contributed by atoms with Crippen LogP contribution in [0.15, 0.2) is 63.1 Å². The van der Waals surface area contributed by atoms with E-state index in [1.807, 2.05) is 0 Å². The van der Waals surface area contributed by atoms with Crippen LogP contribution in [0.25, 0.3) is 11.5 Å². The van der Waals surface area contributed by atoms with Crippen molar-refractivity contribution in [3.05, 3.63) is 59.7 Å². The van der Waals surface area contributed by atoms with E-state index >= 15 is 0 Å². The second-order valence-corrected chi connectivity index (χ2v) is 10.9. The number of thioether (sulfide) groups is 1. The van der Waals surface area contributed by atoms with Crippen molar-refractivity contribution < 1.29 is 12.8 Å². The topological polar surface area (TPSA) is 76.3 Å². The van der Waals surface area contributed by atoms with Crippen molar-refractivity contribution in [3.8, 4) is 11.5 Å². The smallest absolute Gasteiger partial charge is 0.277 e. The zero-order chi connectivity index (χ0) is 21.8. The van der Waals surface area contributed by atoms with Gasteiger partial charge in [-0.15, -0.1) is 10.2 Å². The fourth-order valence-corrected chi connectivity index (χ4v) is 5.85. The fourth-order valence-electron chi connectivity index (χ4n) is 3.57. The van der Waals surface area contributed by atoms with Gasteiger partial charge in [-0.25, -0.2) is 8.42 Å². The number of rotatable bonds is 7. The average molecular weight is 458 g/mol. The van der Waals surface area contributed by atoms with Crippen molar-refractivity contribution in [2.24, 2.45) is 0 Å². The zero-order valence-electron chi connectivity index (χ0n) is 17.8. The van der Waals surface area contributed by atoms with Crippen molar-refractivity contribution in [2.45, 2.75) is 54.9 Å². The number of hydrogen-bond acceptors (Lipinski definition) is 6. The number of sulfonamides is 1. The SMILES string of the molecule is CC(C)c1ccc(CSc2nnc(-c3cccc(S(=O)(=O)N4CCCCC4)c3)o2)cc1. The molecule has 0 radical (unpaired) electrons. The van der Waals surface area contributed by atoms with Gasteiger partial charge >= 0.3 is 0 Å². The second-order valence-electron chi connectivity index (χ2n) is 8.05. The van der Waals surface area contributed by atoms with Crippen LogP contribution in [0.3, 0.4) is 0 Å². The lowest BCUT2D eigenvalue weighted by Gasteiger charge is -2.25. The summed E-state index contributed by atoms with van der Waals surface area (Å²) >= 11 is 1.47. The molecule has 1 saturated heterocycles. The molecule has 0 amide bonds. The quantitative estimate of drug-likeness (QED) is 0.447. The van der Waals surface area contributed by atoms with Gasteiger partial charge in [0.05, 0.1) is 4.90 Å². The largest absolute Gasteiger partial charge is 0.411 e. The first-order chi connectivity index (χ1) is 14.9. The van der Waals surface area contributed by atoms with E-state index in [4.69, 9.17) is 4.42 Å². The summed E-state index contributed by atoms with van der Waals surface area (Å²) in [5.41, 5.74) is 3.11. The highest BCUT2D eigenvalue weighted by atomic mass is 32.2. The van der Waals surface area contributed by atoms with Gasteiger partial charge in [0.2, 0.25) is 15.9 Å². The Morgan fingerprint density at radius 1 is 1.03 bits per heavy atom. The first kappa shape index (κ1) is 22.0. The van der Waals surface area contributed by atoms with Gasteiger partial charge < -0.3 is 4.42 Å². The average Bonchev–Trinajstić information content (AvgIpc) is 3.28. The minimum atomic E-state index is -3.50. The van der Waals surface area contributed by atoms with Crippen LogP contribution in [-0.2, 0) is 15.8 Å². The minimum absolute atomic E-state index is 0.268. The van der Waals surface area contributed by atoms with Gasteiger partial charge in [-0.1, -0.05) is 62.4 Å². The number of benzene rings is 2. The van der Waals surface area contributed by atoms with E-state index in [0.717, 1.165) is 25.0 Å². The number of nitrogens with zero attached hydrogens (tertiary/aromatic N) is 3. The summed E-state index contributed by atoms with van der Waals surface area (Å²) in [6.45, 7) is 5.51. The monoisotopic (exact) mass is 457 g/mol. The molecule has 0 N–H and O–H groups in total. The summed E-state index contributed by atoms with van der Waals surface area (Å²) in [5, 5.41) is 8.71. The number of aromatic nitrogens is 2. The molecule has 0 spiro atoms. The summed E-state index contributed by atoms with van der Waals surface area (Å²) < 4.78 is 33.3. The third-order valence-electron chi connectivity index (χ3n) is 5.45. The van der Waals surface area contributed by atoms with E-state index in [1.165, 1.54) is 22.9 Å². The molecule has 8 heteroatoms. The van der Waals surface area contributed by atoms with Crippen molar-refractivity contribution in [3.63, 3.8) is 0 Å². The molecule has 1 aromatic heterocycles. The molecule has 3 aromatic rings. The van der Waals surface area contributed by atoms with Crippen LogP contribution in [0.2, 0.25) is 0 Å². The standard InChI is InChI=1S/C23H27N3O3S2/c1-17(2)19-11-9-18(10-12-19)16-30-23-25-24-22(29-23)20-7-6-8-21(15-20)31(27,28)26-13-4-3-5-14-26/h6-12,15,17H,3-5,13-14,16H2,1-2H3. The normalized spacial score (nSPS) is 15.5. The van der Waals surface area contributed by atoms with Crippen LogP contribution in [0.1, 0.15) is 50.2 Å². The number of piperidine rings is 1. The van der Waals surface area contributed by atoms with Crippen LogP contribution in [0.4, 0.5) is 0 Å². The Morgan fingerprint density at radius 2 is 1.77 bits per heavy atom. The van der Waals surface area contributed by atoms with Crippen molar-refractivity contribution in [1.29, 1.82) is 0 Å². The van der Waals surface area contributed by atoms with Gasteiger partial charge in [0.1, 0.15) is 0 Å². The van der Waals surface area contributed by atoms with Crippen LogP contribution in [-0.4, -0.2) is 36.0 Å². The Labute approximate surface area is 188 Å². The van der Waals surface area contributed by atoms with Gasteiger partial charge in [-0.2, -0.15) is 4.31 Å². The lowest BCUT2D eigenvalue weighted by atomic mass is 10.0. The molecule has 0 unspecified atom stereocenters. The van der Waals surface area contributed by atoms with Gasteiger partial charge in [-0.05, 0) is 48.1 Å². The molecule has 1 aliphatic rings. The summed E-state index contributed by atoms with van der Waals surface area (Å²) in [6, 6.07) is 15.3. The Kier molecular flexibility index (Phi) is 6.79. The maximum Gasteiger partial charge on any atom is 0.277 e. The highest BCUT2D eigenvalue weighted by Crippen LogP contribution is 2.29. The maximum atomic E-state index is 13.0. The number of hydrogen-bond donors (Lipinski definition) is 0. The predicted molar refractivity (Wildman–Crippen MR) is 122 cm³/mol. The first-order valence-electron chi connectivity index (χ1n) is 10.6. The summed E-state index contributed by atoms with van der Waals surface area (Å²) in [7, 11) is -3.50. The molecular weight excluding hydrogens is 430 g/mol. The van der Waals surface area contributed by atoms with Gasteiger partial charge in [0, 0.05) is 24.4 Å². The summed E-state index contributed by atoms with van der Waals surface area (Å²) in [6.07, 6.45) is 2.89. The van der Waals surface area contributed by atoms with E-state index in [9.17, 15) is 8.42 Å². The Bertz CT molecular complexity index is 1120. The van der Waals surface area contributed by atoms with E-state index in [-0.39, 0.29) is 4.90 Å². The van der Waals surface area contributed by atoms with Crippen LogP contribution in [0.5, 0.6) is 0 Å². The Hall–Kier alpha value is -2.16. The predicted octanol–water partition coefficient (Wildman–Crippen LogP) is 5.33. The van der Waals surface area contributed by atoms with Gasteiger partial charge in [0.25, 0.3) is 5.22 Å². The molecule has 2 heterocycles. The first-order valence-corrected chi connectivity index (χ1v) is 13.0. The van der Waals surface area contributed by atoms with Crippen molar-refractivity contribution in [2.75, 3.05) is 13.1 Å². The molecule has 6 nitrogen and oxygen atoms in total. The minimum Gasteiger partial charge on any atom is -0.411 e. The van der Waals surface area contributed by atoms with E-state index in [2.05, 4.69) is 48.3 Å². The molecular formula is C23H27N3O3S2. The Balaban J connectivity index is 1.46. The maximum absolute atomic E-state index is 13.0. The molecule has 4 rings (SSSR count). The van der Waals surface area contributed by atoms with Crippen LogP contribution < -0.4 is 0 Å². The second kappa shape index (κ2) is 9.54. The fraction of sp³-hybridized carbons (Fsp3) is 0.391. The van der Waals surface area contributed by atoms with Gasteiger partial charge in [-0.3, -0.25) is 0 Å². The van der Waals surface area contributed by atoms with E-state index in [0.29, 0.717) is 35.7 Å². The molecule has 2 aromatic carbocycles. The lowest BCUT2D eigenvalue weighted by Crippen LogP contribution is -2.35. The summed E-state index contributed by atoms with van der Waals surface area (Å²) in [5.74, 6) is 1.56. The zero-order valence-corrected chi connectivity index (χ0v) is 19.5. The van der Waals surface area contributed by atoms with Crippen molar-refractivity contribution >= 4 is 21.8 Å². The molecule has 0 saturated carbocycles. The molecule has 0 atom stereocenters. The van der Waals surface area contributed by atoms with Crippen LogP contribution >= 0.6 is 11.8 Å². The third kappa shape index (κ3) is 5.19. The van der Waals surface area contributed by atoms with Crippen LogP contribution in [0, 0.1) is 0 Å². The lowest BCUT2D eigenvalue weighted by molar-refractivity contribution is 0.346. The van der Waals surface area contributed by atoms with Crippen molar-refractivity contribution in [1.82, 2.24) is 14.5 Å². The molecule has 0 aliphatic carbocycles. The third-order valence-corrected chi connectivity index (χ3v) is 8.23. The molecule has 164 valence electrons. The highest BCUT2D eigenvalue weighted by molar-refractivity contribution is 7.98. The molecule has 0 bridgehead atoms. The van der Waals surface area contributed by atoms with E-state index in [1.54, 1.807) is 28.6 Å². The molecule has 1 fully saturated rings. The summed E-state index contributed by atoms with van der Waals surface area (Å²) in [4.78, 5) is 0.268.